The normalized spacial score (nSPS) is 53.1. The summed E-state index contributed by atoms with van der Waals surface area (Å²) in [7, 11) is 0. The van der Waals surface area contributed by atoms with Gasteiger partial charge in [0.05, 0.1) is 25.4 Å². The van der Waals surface area contributed by atoms with Gasteiger partial charge in [0.1, 0.15) is 0 Å². The van der Waals surface area contributed by atoms with Crippen LogP contribution in [0.25, 0.3) is 0 Å². The van der Waals surface area contributed by atoms with Gasteiger partial charge in [-0.05, 0) is 24.7 Å². The van der Waals surface area contributed by atoms with Crippen molar-refractivity contribution in [2.45, 2.75) is 37.1 Å². The Bertz CT molecular complexity index is 248. The molecule has 4 rings (SSSR count). The van der Waals surface area contributed by atoms with Crippen LogP contribution < -0.4 is 0 Å². The number of hydrogen-bond donors (Lipinski definition) is 0. The predicted octanol–water partition coefficient (Wildman–Crippen LogP) is 1.32. The Balaban J connectivity index is 1.54. The minimum absolute atomic E-state index is 0.175. The van der Waals surface area contributed by atoms with E-state index >= 15 is 0 Å². The van der Waals surface area contributed by atoms with Gasteiger partial charge < -0.3 is 14.2 Å². The standard InChI is InChI=1S/C11H16O3/c1-2-13-11(12-1)5-8-3-10(7-14-10)4-9(8)6-11/h8-9H,1-7H2/t8-,9+,10?. The molecule has 2 aliphatic carbocycles. The second-order valence-electron chi connectivity index (χ2n) is 5.42. The van der Waals surface area contributed by atoms with Crippen molar-refractivity contribution in [2.24, 2.45) is 11.8 Å². The summed E-state index contributed by atoms with van der Waals surface area (Å²) < 4.78 is 17.1. The minimum atomic E-state index is -0.175. The van der Waals surface area contributed by atoms with Crippen LogP contribution >= 0.6 is 0 Å². The fourth-order valence-electron chi connectivity index (χ4n) is 3.80. The molecule has 0 aromatic rings. The molecule has 0 aromatic heterocycles. The van der Waals surface area contributed by atoms with E-state index < -0.39 is 0 Å². The largest absolute Gasteiger partial charge is 0.370 e. The fourth-order valence-corrected chi connectivity index (χ4v) is 3.80. The molecule has 0 bridgehead atoms. The molecular weight excluding hydrogens is 180 g/mol. The number of rotatable bonds is 0. The lowest BCUT2D eigenvalue weighted by atomic mass is 10.0. The Kier molecular flexibility index (Phi) is 1.35. The highest BCUT2D eigenvalue weighted by molar-refractivity contribution is 5.08. The summed E-state index contributed by atoms with van der Waals surface area (Å²) >= 11 is 0. The summed E-state index contributed by atoms with van der Waals surface area (Å²) in [6, 6.07) is 0. The molecule has 0 N–H and O–H groups in total. The molecule has 0 radical (unpaired) electrons. The van der Waals surface area contributed by atoms with Gasteiger partial charge >= 0.3 is 0 Å². The lowest BCUT2D eigenvalue weighted by Crippen LogP contribution is -2.27. The van der Waals surface area contributed by atoms with Crippen LogP contribution in [-0.2, 0) is 14.2 Å². The number of epoxide rings is 1. The molecule has 78 valence electrons. The molecule has 4 fully saturated rings. The molecule has 2 heterocycles. The van der Waals surface area contributed by atoms with Crippen molar-refractivity contribution < 1.29 is 14.2 Å². The van der Waals surface area contributed by atoms with E-state index in [0.717, 1.165) is 44.5 Å². The van der Waals surface area contributed by atoms with Crippen molar-refractivity contribution in [1.29, 1.82) is 0 Å². The molecule has 2 saturated heterocycles. The predicted molar refractivity (Wildman–Crippen MR) is 48.8 cm³/mol. The highest BCUT2D eigenvalue weighted by Crippen LogP contribution is 2.59. The van der Waals surface area contributed by atoms with Gasteiger partial charge in [0.15, 0.2) is 5.79 Å². The molecule has 0 amide bonds. The van der Waals surface area contributed by atoms with E-state index in [1.807, 2.05) is 0 Å². The minimum Gasteiger partial charge on any atom is -0.370 e. The van der Waals surface area contributed by atoms with E-state index in [2.05, 4.69) is 0 Å². The first-order chi connectivity index (χ1) is 6.79. The highest BCUT2D eigenvalue weighted by Gasteiger charge is 2.61. The Hall–Kier alpha value is -0.120. The molecule has 2 aliphatic heterocycles. The second kappa shape index (κ2) is 2.34. The summed E-state index contributed by atoms with van der Waals surface area (Å²) in [5.74, 6) is 1.43. The Labute approximate surface area is 83.7 Å². The molecule has 0 aromatic carbocycles. The van der Waals surface area contributed by atoms with Crippen LogP contribution in [0.5, 0.6) is 0 Å². The van der Waals surface area contributed by atoms with Crippen molar-refractivity contribution in [2.75, 3.05) is 19.8 Å². The second-order valence-corrected chi connectivity index (χ2v) is 5.42. The molecule has 3 nitrogen and oxygen atoms in total. The first-order valence-corrected chi connectivity index (χ1v) is 5.71. The first-order valence-electron chi connectivity index (χ1n) is 5.71. The monoisotopic (exact) mass is 196 g/mol. The van der Waals surface area contributed by atoms with Crippen molar-refractivity contribution in [1.82, 2.24) is 0 Å². The fraction of sp³-hybridized carbons (Fsp3) is 1.00. The first kappa shape index (κ1) is 8.08. The molecule has 1 unspecified atom stereocenters. The number of ether oxygens (including phenoxy) is 3. The molecular formula is C11H16O3. The molecule has 4 aliphatic rings. The average Bonchev–Trinajstić information content (AvgIpc) is 2.54. The van der Waals surface area contributed by atoms with Gasteiger partial charge in [-0.15, -0.1) is 0 Å². The molecule has 3 atom stereocenters. The topological polar surface area (TPSA) is 31.0 Å². The Morgan fingerprint density at radius 1 is 0.786 bits per heavy atom. The van der Waals surface area contributed by atoms with E-state index in [1.54, 1.807) is 0 Å². The third kappa shape index (κ3) is 0.980. The van der Waals surface area contributed by atoms with Crippen LogP contribution in [0.15, 0.2) is 0 Å². The molecule has 2 spiro atoms. The van der Waals surface area contributed by atoms with E-state index in [-0.39, 0.29) is 5.79 Å². The van der Waals surface area contributed by atoms with Crippen LogP contribution in [0.4, 0.5) is 0 Å². The summed E-state index contributed by atoms with van der Waals surface area (Å²) in [5.41, 5.74) is 0.315. The molecule has 3 heteroatoms. The molecule has 2 saturated carbocycles. The van der Waals surface area contributed by atoms with Crippen LogP contribution in [0.1, 0.15) is 25.7 Å². The summed E-state index contributed by atoms with van der Waals surface area (Å²) in [4.78, 5) is 0. The SMILES string of the molecule is C1COC2(C[C@H]3CC4(CO4)C[C@H]3C2)O1. The van der Waals surface area contributed by atoms with E-state index in [9.17, 15) is 0 Å². The zero-order valence-electron chi connectivity index (χ0n) is 8.33. The maximum Gasteiger partial charge on any atom is 0.169 e. The van der Waals surface area contributed by atoms with Gasteiger partial charge in [-0.25, -0.2) is 0 Å². The maximum absolute atomic E-state index is 5.76. The van der Waals surface area contributed by atoms with Crippen molar-refractivity contribution in [3.8, 4) is 0 Å². The van der Waals surface area contributed by atoms with Crippen LogP contribution in [-0.4, -0.2) is 31.2 Å². The van der Waals surface area contributed by atoms with Crippen LogP contribution in [0.3, 0.4) is 0 Å². The van der Waals surface area contributed by atoms with Crippen molar-refractivity contribution in [3.05, 3.63) is 0 Å². The van der Waals surface area contributed by atoms with Crippen molar-refractivity contribution in [3.63, 3.8) is 0 Å². The lowest BCUT2D eigenvalue weighted by Gasteiger charge is -2.22. The lowest BCUT2D eigenvalue weighted by molar-refractivity contribution is -0.156. The van der Waals surface area contributed by atoms with E-state index in [1.165, 1.54) is 12.8 Å². The Morgan fingerprint density at radius 2 is 1.36 bits per heavy atom. The third-order valence-electron chi connectivity index (χ3n) is 4.45. The highest BCUT2D eigenvalue weighted by atomic mass is 16.7. The van der Waals surface area contributed by atoms with Gasteiger partial charge in [-0.2, -0.15) is 0 Å². The van der Waals surface area contributed by atoms with E-state index in [4.69, 9.17) is 14.2 Å². The third-order valence-corrected chi connectivity index (χ3v) is 4.45. The van der Waals surface area contributed by atoms with Gasteiger partial charge in [-0.1, -0.05) is 0 Å². The molecule has 14 heavy (non-hydrogen) atoms. The van der Waals surface area contributed by atoms with Gasteiger partial charge in [0.25, 0.3) is 0 Å². The van der Waals surface area contributed by atoms with Crippen molar-refractivity contribution >= 4 is 0 Å². The van der Waals surface area contributed by atoms with Gasteiger partial charge in [0.2, 0.25) is 0 Å². The number of hydrogen-bond acceptors (Lipinski definition) is 3. The van der Waals surface area contributed by atoms with Crippen LogP contribution in [0.2, 0.25) is 0 Å². The smallest absolute Gasteiger partial charge is 0.169 e. The summed E-state index contributed by atoms with van der Waals surface area (Å²) in [6.45, 7) is 2.59. The van der Waals surface area contributed by atoms with Gasteiger partial charge in [0, 0.05) is 12.8 Å². The van der Waals surface area contributed by atoms with Crippen LogP contribution in [0, 0.1) is 11.8 Å². The zero-order chi connectivity index (χ0) is 9.23. The maximum atomic E-state index is 5.76. The Morgan fingerprint density at radius 3 is 1.86 bits per heavy atom. The van der Waals surface area contributed by atoms with Gasteiger partial charge in [-0.3, -0.25) is 0 Å². The average molecular weight is 196 g/mol. The summed E-state index contributed by atoms with van der Waals surface area (Å²) in [5, 5.41) is 0. The quantitative estimate of drug-likeness (QED) is 0.547. The zero-order valence-corrected chi connectivity index (χ0v) is 8.33. The summed E-state index contributed by atoms with van der Waals surface area (Å²) in [6.07, 6.45) is 4.74. The number of fused-ring (bicyclic) bond motifs is 1. The van der Waals surface area contributed by atoms with E-state index in [0.29, 0.717) is 5.60 Å².